The van der Waals surface area contributed by atoms with Gasteiger partial charge in [-0.1, -0.05) is 72.8 Å². The smallest absolute Gasteiger partial charge is 0.260 e. The van der Waals surface area contributed by atoms with E-state index in [-0.39, 0.29) is 11.5 Å². The highest BCUT2D eigenvalue weighted by Gasteiger charge is 2.21. The lowest BCUT2D eigenvalue weighted by Crippen LogP contribution is -2.16. The van der Waals surface area contributed by atoms with E-state index in [1.165, 1.54) is 11.3 Å². The first-order chi connectivity index (χ1) is 15.2. The van der Waals surface area contributed by atoms with Crippen LogP contribution in [0.25, 0.3) is 21.3 Å². The molecule has 31 heavy (non-hydrogen) atoms. The number of methoxy groups -OCH3 is 1. The van der Waals surface area contributed by atoms with Crippen LogP contribution in [0.3, 0.4) is 0 Å². The number of nitrogens with one attached hydrogen (secondary N) is 1. The predicted octanol–water partition coefficient (Wildman–Crippen LogP) is 5.84. The summed E-state index contributed by atoms with van der Waals surface area (Å²) in [5.41, 5.74) is 3.85. The van der Waals surface area contributed by atoms with Crippen LogP contribution in [0.1, 0.15) is 22.9 Å². The minimum atomic E-state index is -0.151. The summed E-state index contributed by atoms with van der Waals surface area (Å²) in [6.07, 6.45) is 0. The number of aromatic nitrogens is 2. The third-order valence-electron chi connectivity index (χ3n) is 5.38. The standard InChI is InChI=1S/C26H20N2O2S/c1-30-20-14-8-13-19(15-20)21-16-31-26-23(21)25(29)27-24(28-26)22(17-9-4-2-5-10-17)18-11-6-3-7-12-18/h2-16,22H,1H3,(H,27,28,29). The number of hydrogen-bond donors (Lipinski definition) is 1. The van der Waals surface area contributed by atoms with Crippen LogP contribution < -0.4 is 10.3 Å². The number of thiophene rings is 1. The molecule has 2 aromatic heterocycles. The minimum Gasteiger partial charge on any atom is -0.497 e. The molecule has 5 aromatic rings. The van der Waals surface area contributed by atoms with Gasteiger partial charge in [-0.05, 0) is 28.8 Å². The average Bonchev–Trinajstić information content (AvgIpc) is 3.25. The molecule has 0 aliphatic heterocycles. The minimum absolute atomic E-state index is 0.129. The monoisotopic (exact) mass is 424 g/mol. The van der Waals surface area contributed by atoms with E-state index >= 15 is 0 Å². The van der Waals surface area contributed by atoms with Crippen LogP contribution in [-0.4, -0.2) is 17.1 Å². The Labute approximate surface area is 183 Å². The summed E-state index contributed by atoms with van der Waals surface area (Å²) < 4.78 is 5.35. The number of ether oxygens (including phenoxy) is 1. The Morgan fingerprint density at radius 2 is 1.58 bits per heavy atom. The molecule has 0 spiro atoms. The second-order valence-electron chi connectivity index (χ2n) is 7.27. The van der Waals surface area contributed by atoms with Crippen molar-refractivity contribution in [2.75, 3.05) is 7.11 Å². The van der Waals surface area contributed by atoms with E-state index in [0.29, 0.717) is 11.2 Å². The fraction of sp³-hybridized carbons (Fsp3) is 0.0769. The molecular formula is C26H20N2O2S. The summed E-state index contributed by atoms with van der Waals surface area (Å²) in [6, 6.07) is 28.0. The fourth-order valence-corrected chi connectivity index (χ4v) is 4.86. The molecule has 0 amide bonds. The Morgan fingerprint density at radius 1 is 0.903 bits per heavy atom. The normalized spacial score (nSPS) is 11.2. The first-order valence-electron chi connectivity index (χ1n) is 10.0. The molecule has 1 N–H and O–H groups in total. The quantitative estimate of drug-likeness (QED) is 0.386. The van der Waals surface area contributed by atoms with Gasteiger partial charge in [-0.3, -0.25) is 4.79 Å². The molecule has 5 rings (SSSR count). The molecule has 3 aromatic carbocycles. The van der Waals surface area contributed by atoms with Crippen molar-refractivity contribution < 1.29 is 4.74 Å². The van der Waals surface area contributed by atoms with Crippen LogP contribution in [0.4, 0.5) is 0 Å². The zero-order valence-corrected chi connectivity index (χ0v) is 17.7. The maximum Gasteiger partial charge on any atom is 0.260 e. The van der Waals surface area contributed by atoms with Crippen molar-refractivity contribution in [1.29, 1.82) is 0 Å². The van der Waals surface area contributed by atoms with Gasteiger partial charge in [0.2, 0.25) is 0 Å². The lowest BCUT2D eigenvalue weighted by atomic mass is 9.90. The van der Waals surface area contributed by atoms with Gasteiger partial charge in [0.1, 0.15) is 16.4 Å². The molecule has 0 unspecified atom stereocenters. The van der Waals surface area contributed by atoms with Crippen molar-refractivity contribution in [3.05, 3.63) is 118 Å². The van der Waals surface area contributed by atoms with Crippen LogP contribution in [0.5, 0.6) is 5.75 Å². The average molecular weight is 425 g/mol. The molecule has 0 saturated heterocycles. The summed E-state index contributed by atoms with van der Waals surface area (Å²) in [7, 11) is 1.64. The van der Waals surface area contributed by atoms with E-state index in [1.807, 2.05) is 66.0 Å². The molecule has 0 aliphatic rings. The van der Waals surface area contributed by atoms with Crippen molar-refractivity contribution in [2.45, 2.75) is 5.92 Å². The molecule has 152 valence electrons. The summed E-state index contributed by atoms with van der Waals surface area (Å²) in [5.74, 6) is 1.25. The molecule has 4 nitrogen and oxygen atoms in total. The van der Waals surface area contributed by atoms with Crippen molar-refractivity contribution in [3.63, 3.8) is 0 Å². The molecule has 5 heteroatoms. The Kier molecular flexibility index (Phi) is 5.10. The number of H-pyrrole nitrogens is 1. The predicted molar refractivity (Wildman–Crippen MR) is 126 cm³/mol. The first kappa shape index (κ1) is 19.3. The van der Waals surface area contributed by atoms with E-state index < -0.39 is 0 Å². The van der Waals surface area contributed by atoms with Gasteiger partial charge in [0, 0.05) is 10.9 Å². The van der Waals surface area contributed by atoms with Gasteiger partial charge in [-0.15, -0.1) is 11.3 Å². The zero-order valence-electron chi connectivity index (χ0n) is 16.9. The summed E-state index contributed by atoms with van der Waals surface area (Å²) in [6.45, 7) is 0. The van der Waals surface area contributed by atoms with Crippen LogP contribution in [0, 0.1) is 0 Å². The van der Waals surface area contributed by atoms with Gasteiger partial charge in [-0.25, -0.2) is 4.98 Å². The van der Waals surface area contributed by atoms with E-state index in [2.05, 4.69) is 29.2 Å². The molecule has 0 radical (unpaired) electrons. The summed E-state index contributed by atoms with van der Waals surface area (Å²) in [4.78, 5) is 22.0. The Balaban J connectivity index is 1.68. The molecule has 2 heterocycles. The lowest BCUT2D eigenvalue weighted by molar-refractivity contribution is 0.415. The molecule has 0 aliphatic carbocycles. The number of aromatic amines is 1. The van der Waals surface area contributed by atoms with E-state index in [4.69, 9.17) is 9.72 Å². The van der Waals surface area contributed by atoms with Gasteiger partial charge in [0.15, 0.2) is 0 Å². The second-order valence-corrected chi connectivity index (χ2v) is 8.13. The third-order valence-corrected chi connectivity index (χ3v) is 6.25. The molecule has 0 fully saturated rings. The summed E-state index contributed by atoms with van der Waals surface area (Å²) >= 11 is 1.49. The first-order valence-corrected chi connectivity index (χ1v) is 10.9. The van der Waals surface area contributed by atoms with E-state index in [9.17, 15) is 4.79 Å². The molecule has 0 saturated carbocycles. The molecule has 0 atom stereocenters. The number of nitrogens with zero attached hydrogens (tertiary/aromatic N) is 1. The largest absolute Gasteiger partial charge is 0.497 e. The number of fused-ring (bicyclic) bond motifs is 1. The van der Waals surface area contributed by atoms with Gasteiger partial charge in [0.25, 0.3) is 5.56 Å². The van der Waals surface area contributed by atoms with Gasteiger partial charge >= 0.3 is 0 Å². The van der Waals surface area contributed by atoms with Crippen molar-refractivity contribution in [2.24, 2.45) is 0 Å². The number of rotatable bonds is 5. The Hall–Kier alpha value is -3.70. The van der Waals surface area contributed by atoms with Crippen LogP contribution in [0.2, 0.25) is 0 Å². The maximum atomic E-state index is 13.3. The van der Waals surface area contributed by atoms with Crippen LogP contribution in [-0.2, 0) is 0 Å². The lowest BCUT2D eigenvalue weighted by Gasteiger charge is -2.17. The maximum absolute atomic E-state index is 13.3. The number of hydrogen-bond acceptors (Lipinski definition) is 4. The summed E-state index contributed by atoms with van der Waals surface area (Å²) in [5, 5.41) is 2.60. The number of benzene rings is 3. The highest BCUT2D eigenvalue weighted by atomic mass is 32.1. The highest BCUT2D eigenvalue weighted by molar-refractivity contribution is 7.17. The van der Waals surface area contributed by atoms with Crippen molar-refractivity contribution in [1.82, 2.24) is 9.97 Å². The Morgan fingerprint density at radius 3 is 2.23 bits per heavy atom. The van der Waals surface area contributed by atoms with Crippen molar-refractivity contribution >= 4 is 21.6 Å². The SMILES string of the molecule is COc1cccc(-c2csc3nc(C(c4ccccc4)c4ccccc4)[nH]c(=O)c23)c1. The Bertz CT molecular complexity index is 1350. The van der Waals surface area contributed by atoms with Crippen LogP contribution >= 0.6 is 11.3 Å². The second kappa shape index (κ2) is 8.20. The van der Waals surface area contributed by atoms with Gasteiger partial charge in [-0.2, -0.15) is 0 Å². The van der Waals surface area contributed by atoms with Gasteiger partial charge < -0.3 is 9.72 Å². The third kappa shape index (κ3) is 3.64. The van der Waals surface area contributed by atoms with Crippen molar-refractivity contribution in [3.8, 4) is 16.9 Å². The van der Waals surface area contributed by atoms with Crippen LogP contribution in [0.15, 0.2) is 95.1 Å². The molecule has 0 bridgehead atoms. The molecular weight excluding hydrogens is 404 g/mol. The topological polar surface area (TPSA) is 55.0 Å². The van der Waals surface area contributed by atoms with E-state index in [0.717, 1.165) is 32.8 Å². The van der Waals surface area contributed by atoms with E-state index in [1.54, 1.807) is 7.11 Å². The highest BCUT2D eigenvalue weighted by Crippen LogP contribution is 2.35. The zero-order chi connectivity index (χ0) is 21.2. The van der Waals surface area contributed by atoms with Gasteiger partial charge in [0.05, 0.1) is 18.4 Å². The fourth-order valence-electron chi connectivity index (χ4n) is 3.90.